The number of allylic oxidation sites excluding steroid dienone is 1. The molecule has 1 fully saturated rings. The average Bonchev–Trinajstić information content (AvgIpc) is 3.46. The van der Waals surface area contributed by atoms with E-state index in [1.807, 2.05) is 29.9 Å². The summed E-state index contributed by atoms with van der Waals surface area (Å²) >= 11 is 12.6. The summed E-state index contributed by atoms with van der Waals surface area (Å²) in [7, 11) is 0. The van der Waals surface area contributed by atoms with E-state index in [-0.39, 0.29) is 11.9 Å². The van der Waals surface area contributed by atoms with Crippen LogP contribution in [0.3, 0.4) is 0 Å². The maximum atomic E-state index is 11.3. The smallest absolute Gasteiger partial charge is 0.217 e. The molecule has 1 aliphatic heterocycles. The standard InChI is InChI=1S/C28H34Cl2N6O/c1-16-13-19(6-10-25(16)35-12-4-5-21(35)8-11-26(31)37)24-15-32-27-17(2)34-36(28(27)33-24)18(3)22-9-7-20(29)14-23(22)30/h6-7,9,14-16,18,21,25H,4-5,8,10-13H2,1-3H3,(H2,31,37)/t16?,18-,21?,25+/m1/s1. The zero-order valence-corrected chi connectivity index (χ0v) is 23.1. The van der Waals surface area contributed by atoms with Gasteiger partial charge >= 0.3 is 0 Å². The first-order valence-electron chi connectivity index (χ1n) is 13.1. The molecule has 1 aliphatic carbocycles. The van der Waals surface area contributed by atoms with Gasteiger partial charge in [-0.3, -0.25) is 9.69 Å². The van der Waals surface area contributed by atoms with Crippen LogP contribution >= 0.6 is 23.2 Å². The van der Waals surface area contributed by atoms with Crippen LogP contribution in [0.15, 0.2) is 30.5 Å². The number of nitrogens with two attached hydrogens (primary N) is 1. The Hall–Kier alpha value is -2.48. The molecule has 2 aliphatic rings. The Balaban J connectivity index is 1.41. The summed E-state index contributed by atoms with van der Waals surface area (Å²) in [6.07, 6.45) is 9.78. The SMILES string of the molecule is Cc1nn([C@H](C)c2ccc(Cl)cc2Cl)c2nc(C3=CC[C@H](N4CCCC4CCC(N)=O)C(C)C3)cnc12. The van der Waals surface area contributed by atoms with E-state index in [9.17, 15) is 4.79 Å². The Bertz CT molecular complexity index is 1350. The second kappa shape index (κ2) is 10.7. The molecule has 0 spiro atoms. The van der Waals surface area contributed by atoms with E-state index >= 15 is 0 Å². The van der Waals surface area contributed by atoms with E-state index in [0.29, 0.717) is 34.5 Å². The maximum Gasteiger partial charge on any atom is 0.217 e. The zero-order valence-electron chi connectivity index (χ0n) is 21.6. The van der Waals surface area contributed by atoms with Crippen molar-refractivity contribution in [2.45, 2.75) is 77.4 Å². The van der Waals surface area contributed by atoms with Crippen molar-refractivity contribution in [2.75, 3.05) is 6.54 Å². The highest BCUT2D eigenvalue weighted by atomic mass is 35.5. The summed E-state index contributed by atoms with van der Waals surface area (Å²) < 4.78 is 1.92. The molecule has 1 saturated heterocycles. The molecule has 1 amide bonds. The van der Waals surface area contributed by atoms with Crippen molar-refractivity contribution in [3.8, 4) is 0 Å². The highest BCUT2D eigenvalue weighted by Gasteiger charge is 2.35. The molecule has 0 saturated carbocycles. The van der Waals surface area contributed by atoms with E-state index in [1.54, 1.807) is 6.07 Å². The van der Waals surface area contributed by atoms with E-state index < -0.39 is 0 Å². The third kappa shape index (κ3) is 5.27. The van der Waals surface area contributed by atoms with Crippen molar-refractivity contribution in [3.05, 3.63) is 57.5 Å². The quantitative estimate of drug-likeness (QED) is 0.399. The number of hydrogen-bond acceptors (Lipinski definition) is 5. The minimum absolute atomic E-state index is 0.123. The maximum absolute atomic E-state index is 11.3. The second-order valence-corrected chi connectivity index (χ2v) is 11.4. The number of nitrogens with zero attached hydrogens (tertiary/aromatic N) is 5. The van der Waals surface area contributed by atoms with Crippen molar-refractivity contribution in [3.63, 3.8) is 0 Å². The van der Waals surface area contributed by atoms with Crippen molar-refractivity contribution >= 4 is 45.8 Å². The van der Waals surface area contributed by atoms with Gasteiger partial charge in [0.1, 0.15) is 5.52 Å². The summed E-state index contributed by atoms with van der Waals surface area (Å²) in [4.78, 5) is 23.8. The fourth-order valence-corrected chi connectivity index (χ4v) is 6.66. The number of carbonyl (C=O) groups excluding carboxylic acids is 1. The van der Waals surface area contributed by atoms with E-state index in [4.69, 9.17) is 44.0 Å². The third-order valence-electron chi connectivity index (χ3n) is 8.06. The van der Waals surface area contributed by atoms with Gasteiger partial charge in [0.25, 0.3) is 0 Å². The van der Waals surface area contributed by atoms with Gasteiger partial charge in [-0.15, -0.1) is 0 Å². The lowest BCUT2D eigenvalue weighted by Gasteiger charge is -2.39. The van der Waals surface area contributed by atoms with Crippen molar-refractivity contribution < 1.29 is 4.79 Å². The van der Waals surface area contributed by atoms with Gasteiger partial charge in [0.2, 0.25) is 5.91 Å². The molecule has 3 heterocycles. The molecule has 7 nitrogen and oxygen atoms in total. The molecule has 2 unspecified atom stereocenters. The number of fused-ring (bicyclic) bond motifs is 1. The monoisotopic (exact) mass is 540 g/mol. The molecular formula is C28H34Cl2N6O. The van der Waals surface area contributed by atoms with Crippen LogP contribution in [-0.4, -0.2) is 49.2 Å². The van der Waals surface area contributed by atoms with Gasteiger partial charge in [0.15, 0.2) is 5.65 Å². The Kier molecular flexibility index (Phi) is 7.57. The van der Waals surface area contributed by atoms with E-state index in [0.717, 1.165) is 60.3 Å². The highest BCUT2D eigenvalue weighted by molar-refractivity contribution is 6.35. The summed E-state index contributed by atoms with van der Waals surface area (Å²) in [6, 6.07) is 6.34. The molecule has 9 heteroatoms. The molecule has 1 aromatic carbocycles. The first kappa shape index (κ1) is 26.1. The van der Waals surface area contributed by atoms with Crippen LogP contribution in [0.5, 0.6) is 0 Å². The molecular weight excluding hydrogens is 507 g/mol. The van der Waals surface area contributed by atoms with Crippen LogP contribution < -0.4 is 5.73 Å². The number of likely N-dealkylation sites (tertiary alicyclic amines) is 1. The third-order valence-corrected chi connectivity index (χ3v) is 8.62. The Morgan fingerprint density at radius 1 is 1.30 bits per heavy atom. The van der Waals surface area contributed by atoms with Gasteiger partial charge in [-0.1, -0.05) is 42.3 Å². The molecule has 2 N–H and O–H groups in total. The predicted octanol–water partition coefficient (Wildman–Crippen LogP) is 5.96. The van der Waals surface area contributed by atoms with Gasteiger partial charge < -0.3 is 5.73 Å². The number of aryl methyl sites for hydroxylation is 1. The first-order valence-corrected chi connectivity index (χ1v) is 13.9. The first-order chi connectivity index (χ1) is 17.7. The molecule has 196 valence electrons. The van der Waals surface area contributed by atoms with Crippen LogP contribution in [-0.2, 0) is 4.79 Å². The lowest BCUT2D eigenvalue weighted by Crippen LogP contribution is -2.44. The highest BCUT2D eigenvalue weighted by Crippen LogP contribution is 2.37. The van der Waals surface area contributed by atoms with Gasteiger partial charge in [-0.05, 0) is 81.7 Å². The fourth-order valence-electron chi connectivity index (χ4n) is 6.09. The van der Waals surface area contributed by atoms with Gasteiger partial charge in [-0.2, -0.15) is 5.10 Å². The zero-order chi connectivity index (χ0) is 26.3. The molecule has 2 aromatic heterocycles. The van der Waals surface area contributed by atoms with Gasteiger partial charge in [0.05, 0.1) is 23.6 Å². The second-order valence-electron chi connectivity index (χ2n) is 10.6. The van der Waals surface area contributed by atoms with E-state index in [2.05, 4.69) is 24.8 Å². The number of carbonyl (C=O) groups is 1. The summed E-state index contributed by atoms with van der Waals surface area (Å²) in [5.74, 6) is 0.270. The van der Waals surface area contributed by atoms with Crippen molar-refractivity contribution in [1.29, 1.82) is 0 Å². The molecule has 5 rings (SSSR count). The minimum atomic E-state index is -0.207. The number of rotatable bonds is 7. The van der Waals surface area contributed by atoms with Gasteiger partial charge in [0, 0.05) is 28.5 Å². The molecule has 0 radical (unpaired) electrons. The molecule has 4 atom stereocenters. The lowest BCUT2D eigenvalue weighted by molar-refractivity contribution is -0.118. The van der Waals surface area contributed by atoms with Crippen LogP contribution in [0.4, 0.5) is 0 Å². The Morgan fingerprint density at radius 3 is 2.84 bits per heavy atom. The lowest BCUT2D eigenvalue weighted by atomic mass is 9.83. The van der Waals surface area contributed by atoms with Crippen molar-refractivity contribution in [1.82, 2.24) is 24.6 Å². The molecule has 3 aromatic rings. The number of benzene rings is 1. The predicted molar refractivity (Wildman–Crippen MR) is 149 cm³/mol. The van der Waals surface area contributed by atoms with E-state index in [1.165, 1.54) is 12.0 Å². The van der Waals surface area contributed by atoms with Crippen LogP contribution in [0, 0.1) is 12.8 Å². The number of halogens is 2. The number of hydrogen-bond donors (Lipinski definition) is 1. The van der Waals surface area contributed by atoms with Crippen LogP contribution in [0.1, 0.15) is 75.4 Å². The molecule has 37 heavy (non-hydrogen) atoms. The normalized spacial score (nSPS) is 23.4. The number of aromatic nitrogens is 4. The van der Waals surface area contributed by atoms with Crippen LogP contribution in [0.25, 0.3) is 16.7 Å². The summed E-state index contributed by atoms with van der Waals surface area (Å²) in [6.45, 7) is 7.44. The minimum Gasteiger partial charge on any atom is -0.370 e. The Labute approximate surface area is 228 Å². The fraction of sp³-hybridized carbons (Fsp3) is 0.500. The van der Waals surface area contributed by atoms with Gasteiger partial charge in [-0.25, -0.2) is 14.6 Å². The van der Waals surface area contributed by atoms with Crippen molar-refractivity contribution in [2.24, 2.45) is 11.7 Å². The number of amides is 1. The topological polar surface area (TPSA) is 89.9 Å². The summed E-state index contributed by atoms with van der Waals surface area (Å²) in [5, 5.41) is 5.99. The average molecular weight is 542 g/mol. The largest absolute Gasteiger partial charge is 0.370 e. The Morgan fingerprint density at radius 2 is 2.11 bits per heavy atom. The number of primary amides is 1. The molecule has 0 bridgehead atoms. The van der Waals surface area contributed by atoms with Crippen LogP contribution in [0.2, 0.25) is 10.0 Å². The summed E-state index contributed by atoms with van der Waals surface area (Å²) in [5.41, 5.74) is 10.9.